The lowest BCUT2D eigenvalue weighted by Gasteiger charge is -2.59. The fourth-order valence-electron chi connectivity index (χ4n) is 22.9. The maximum absolute atomic E-state index is 2.75. The number of hydrogen-bond donors (Lipinski definition) is 0. The minimum Gasteiger partial charge on any atom is -0.334 e. The Labute approximate surface area is 562 Å². The zero-order valence-corrected chi connectivity index (χ0v) is 57.9. The summed E-state index contributed by atoms with van der Waals surface area (Å²) in [5, 5.41) is 16.2. The summed E-state index contributed by atoms with van der Waals surface area (Å²) in [6.07, 6.45) is 10.8. The molecule has 3 nitrogen and oxygen atoms in total. The van der Waals surface area contributed by atoms with Gasteiger partial charge >= 0.3 is 0 Å². The summed E-state index contributed by atoms with van der Waals surface area (Å²) >= 11 is 0. The monoisotopic (exact) mass is 1240 g/mol. The van der Waals surface area contributed by atoms with Gasteiger partial charge in [-0.05, 0) is 275 Å². The van der Waals surface area contributed by atoms with Crippen molar-refractivity contribution in [2.75, 3.05) is 14.7 Å². The lowest BCUT2D eigenvalue weighted by Crippen LogP contribution is -2.64. The van der Waals surface area contributed by atoms with Crippen LogP contribution in [0.1, 0.15) is 158 Å². The van der Waals surface area contributed by atoms with Crippen LogP contribution in [-0.2, 0) is 16.2 Å². The van der Waals surface area contributed by atoms with Crippen LogP contribution in [0.5, 0.6) is 0 Å². The average molecular weight is 1240 g/mol. The molecule has 3 heteroatoms. The number of fused-ring (bicyclic) bond motifs is 15. The molecule has 0 aromatic heterocycles. The highest BCUT2D eigenvalue weighted by molar-refractivity contribution is 6.39. The van der Waals surface area contributed by atoms with Gasteiger partial charge in [0.1, 0.15) is 0 Å². The summed E-state index contributed by atoms with van der Waals surface area (Å²) in [5.74, 6) is 0. The number of rotatable bonds is 6. The van der Waals surface area contributed by atoms with Crippen molar-refractivity contribution < 1.29 is 0 Å². The first-order chi connectivity index (χ1) is 45.6. The third kappa shape index (κ3) is 6.89. The second kappa shape index (κ2) is 18.9. The van der Waals surface area contributed by atoms with Crippen molar-refractivity contribution in [1.82, 2.24) is 0 Å². The first kappa shape index (κ1) is 57.8. The van der Waals surface area contributed by atoms with Crippen LogP contribution in [0.3, 0.4) is 0 Å². The maximum Gasteiger partial charge on any atom is 0.0568 e. The van der Waals surface area contributed by atoms with Gasteiger partial charge < -0.3 is 14.7 Å². The van der Waals surface area contributed by atoms with Gasteiger partial charge in [0, 0.05) is 50.4 Å². The Kier molecular flexibility index (Phi) is 11.5. The molecule has 13 aromatic rings. The molecule has 0 N–H and O–H groups in total. The highest BCUT2D eigenvalue weighted by Gasteiger charge is 2.67. The van der Waals surface area contributed by atoms with Gasteiger partial charge in [-0.25, -0.2) is 0 Å². The molecule has 3 saturated carbocycles. The lowest BCUT2D eigenvalue weighted by molar-refractivity contribution is 0.0484. The van der Waals surface area contributed by atoms with E-state index in [1.54, 1.807) is 0 Å². The van der Waals surface area contributed by atoms with E-state index in [0.717, 1.165) is 12.8 Å². The van der Waals surface area contributed by atoms with Crippen molar-refractivity contribution in [3.8, 4) is 33.4 Å². The van der Waals surface area contributed by atoms with Crippen molar-refractivity contribution in [2.45, 2.75) is 174 Å². The fourth-order valence-corrected chi connectivity index (χ4v) is 22.9. The van der Waals surface area contributed by atoms with Crippen LogP contribution < -0.4 is 14.7 Å². The third-order valence-corrected chi connectivity index (χ3v) is 28.9. The van der Waals surface area contributed by atoms with Gasteiger partial charge in [0.25, 0.3) is 0 Å². The Morgan fingerprint density at radius 3 is 0.926 bits per heavy atom. The quantitative estimate of drug-likeness (QED) is 0.164. The minimum atomic E-state index is -0.142. The van der Waals surface area contributed by atoms with Gasteiger partial charge in [-0.15, -0.1) is 0 Å². The van der Waals surface area contributed by atoms with Crippen molar-refractivity contribution in [1.29, 1.82) is 0 Å². The van der Waals surface area contributed by atoms with Crippen LogP contribution in [-0.4, -0.2) is 16.6 Å². The second-order valence-electron chi connectivity index (χ2n) is 33.5. The minimum absolute atomic E-state index is 0.0285. The Balaban J connectivity index is 0.820. The highest BCUT2D eigenvalue weighted by atomic mass is 15.3. The smallest absolute Gasteiger partial charge is 0.0568 e. The van der Waals surface area contributed by atoms with Gasteiger partial charge in [0.05, 0.1) is 16.6 Å². The van der Waals surface area contributed by atoms with E-state index in [9.17, 15) is 0 Å². The Hall–Kier alpha value is -8.66. The zero-order valence-electron chi connectivity index (χ0n) is 57.9. The molecule has 0 bridgehead atoms. The molecule has 3 aliphatic carbocycles. The molecule has 0 amide bonds. The summed E-state index contributed by atoms with van der Waals surface area (Å²) in [6, 6.07) is 83.9. The number of nitrogens with zero attached hydrogens (tertiary/aromatic N) is 3. The van der Waals surface area contributed by atoms with Crippen molar-refractivity contribution in [2.24, 2.45) is 16.2 Å². The number of hydrogen-bond acceptors (Lipinski definition) is 3. The normalized spacial score (nSPS) is 27.0. The first-order valence-corrected chi connectivity index (χ1v) is 36.0. The highest BCUT2D eigenvalue weighted by Crippen LogP contribution is 2.70. The molecule has 0 saturated heterocycles. The number of benzene rings is 11. The van der Waals surface area contributed by atoms with E-state index in [0.29, 0.717) is 0 Å². The van der Waals surface area contributed by atoms with E-state index in [1.807, 2.05) is 0 Å². The molecule has 6 unspecified atom stereocenters. The predicted molar refractivity (Wildman–Crippen MR) is 406 cm³/mol. The van der Waals surface area contributed by atoms with Gasteiger partial charge in [-0.1, -0.05) is 209 Å². The maximum atomic E-state index is 2.75. The molecular weight excluding hydrogens is 1150 g/mol. The van der Waals surface area contributed by atoms with E-state index < -0.39 is 0 Å². The largest absolute Gasteiger partial charge is 0.334 e. The summed E-state index contributed by atoms with van der Waals surface area (Å²) in [7, 11) is 0. The lowest BCUT2D eigenvalue weighted by atomic mass is 9.51. The molecule has 472 valence electrons. The molecular formula is C92H89N3. The van der Waals surface area contributed by atoms with E-state index in [2.05, 4.69) is 310 Å². The summed E-state index contributed by atoms with van der Waals surface area (Å²) in [5.41, 5.74) is 19.9. The van der Waals surface area contributed by atoms with E-state index >= 15 is 0 Å². The Morgan fingerprint density at radius 1 is 0.242 bits per heavy atom. The summed E-state index contributed by atoms with van der Waals surface area (Å²) in [4.78, 5) is 8.23. The van der Waals surface area contributed by atoms with Gasteiger partial charge in [-0.2, -0.15) is 0 Å². The molecule has 0 spiro atoms. The molecule has 0 radical (unpaired) electrons. The average Bonchev–Trinajstić information content (AvgIpc) is 1.57. The van der Waals surface area contributed by atoms with E-state index in [4.69, 9.17) is 0 Å². The molecule has 6 aliphatic rings. The Bertz CT molecular complexity index is 5160. The van der Waals surface area contributed by atoms with E-state index in [-0.39, 0.29) is 49.1 Å². The second-order valence-corrected chi connectivity index (χ2v) is 33.5. The van der Waals surface area contributed by atoms with Crippen LogP contribution in [0.2, 0.25) is 0 Å². The third-order valence-electron chi connectivity index (χ3n) is 28.9. The molecule has 6 atom stereocenters. The SMILES string of the molecule is CC1(C)CCCC2(C)c3cc(-c4ccc5c6cc7c(cc6c6cccc4c65)c4ccc(-c5ccc6c(c5)C5(C)CCCC(C)(C)C5(C)N6c5ccccc5)c5c(-c6ccc8c(c6)C6(C)CCCC(C)(C)C6(C)N8c6ccccc6)ccc7c54)ccc3N(c3ccccc3)C12C. The van der Waals surface area contributed by atoms with Crippen LogP contribution >= 0.6 is 0 Å². The van der Waals surface area contributed by atoms with Gasteiger partial charge in [0.15, 0.2) is 0 Å². The molecule has 3 aliphatic heterocycles. The van der Waals surface area contributed by atoms with Crippen LogP contribution in [0.15, 0.2) is 212 Å². The van der Waals surface area contributed by atoms with Crippen LogP contribution in [0, 0.1) is 16.2 Å². The summed E-state index contributed by atoms with van der Waals surface area (Å²) in [6.45, 7) is 30.8. The Morgan fingerprint density at radius 2 is 0.558 bits per heavy atom. The van der Waals surface area contributed by atoms with Crippen LogP contribution in [0.25, 0.3) is 98.0 Å². The fraction of sp³-hybridized carbons (Fsp3) is 0.326. The summed E-state index contributed by atoms with van der Waals surface area (Å²) < 4.78 is 0. The molecule has 3 fully saturated rings. The first-order valence-electron chi connectivity index (χ1n) is 36.0. The van der Waals surface area contributed by atoms with Crippen LogP contribution in [0.4, 0.5) is 34.1 Å². The van der Waals surface area contributed by atoms with Gasteiger partial charge in [0.2, 0.25) is 0 Å². The number of anilines is 6. The van der Waals surface area contributed by atoms with E-state index in [1.165, 1.54) is 194 Å². The molecule has 19 rings (SSSR count). The zero-order chi connectivity index (χ0) is 64.9. The molecule has 13 aromatic carbocycles. The predicted octanol–water partition coefficient (Wildman–Crippen LogP) is 25.6. The molecule has 3 heterocycles. The topological polar surface area (TPSA) is 9.72 Å². The molecule has 95 heavy (non-hydrogen) atoms. The number of para-hydroxylation sites is 3. The van der Waals surface area contributed by atoms with Crippen molar-refractivity contribution in [3.05, 3.63) is 229 Å². The van der Waals surface area contributed by atoms with Crippen molar-refractivity contribution >= 4 is 98.8 Å². The van der Waals surface area contributed by atoms with Crippen molar-refractivity contribution in [3.63, 3.8) is 0 Å². The van der Waals surface area contributed by atoms with Gasteiger partial charge in [-0.3, -0.25) is 0 Å². The standard InChI is InChI=1S/C92H89N3/c1-84(2)46-23-49-87(7)75-52-57(34-43-78(75)93(90(84,87)10)60-26-16-13-17-27-60)63-37-40-68-72-56-74-70-42-39-65(59-36-45-80-77(54-59)89(9)51-25-48-86(5,6)92(89,12)95(80)62-30-20-15-21-31-62)82-64(38-41-69(83(70)82)73(74)55-71(72)67-33-22-32-66(63)81(67)68)58-35-44-79-76(53-58)88(8)50-24-47-85(3,4)91(88,11)94(79)61-28-18-14-19-29-61/h13-22,26-45,52-56H,23-25,46-51H2,1-12H3.